The van der Waals surface area contributed by atoms with Gasteiger partial charge in [-0.05, 0) is 43.3 Å². The first kappa shape index (κ1) is 16.6. The van der Waals surface area contributed by atoms with E-state index in [0.29, 0.717) is 17.1 Å². The van der Waals surface area contributed by atoms with Crippen molar-refractivity contribution in [2.45, 2.75) is 20.0 Å². The van der Waals surface area contributed by atoms with Crippen molar-refractivity contribution in [3.05, 3.63) is 83.2 Å². The lowest BCUT2D eigenvalue weighted by Gasteiger charge is -2.04. The molecule has 0 unspecified atom stereocenters. The van der Waals surface area contributed by atoms with Crippen molar-refractivity contribution in [3.63, 3.8) is 0 Å². The Balaban J connectivity index is 1.51. The lowest BCUT2D eigenvalue weighted by Crippen LogP contribution is -2.23. The SMILES string of the molecule is Cc1ccc(C(=O)NCc2ccc(C(=O)NCc3ccco3)o2)cc1. The lowest BCUT2D eigenvalue weighted by atomic mass is 10.1. The average molecular weight is 338 g/mol. The first-order valence-electron chi connectivity index (χ1n) is 7.86. The van der Waals surface area contributed by atoms with Gasteiger partial charge in [0.25, 0.3) is 11.8 Å². The third-order valence-corrected chi connectivity index (χ3v) is 3.63. The lowest BCUT2D eigenvalue weighted by molar-refractivity contribution is 0.0918. The fourth-order valence-corrected chi connectivity index (χ4v) is 2.24. The van der Waals surface area contributed by atoms with Gasteiger partial charge in [0.05, 0.1) is 19.4 Å². The maximum Gasteiger partial charge on any atom is 0.287 e. The van der Waals surface area contributed by atoms with Crippen LogP contribution >= 0.6 is 0 Å². The summed E-state index contributed by atoms with van der Waals surface area (Å²) >= 11 is 0. The van der Waals surface area contributed by atoms with E-state index in [1.165, 1.54) is 0 Å². The number of benzene rings is 1. The number of rotatable bonds is 6. The van der Waals surface area contributed by atoms with Crippen molar-refractivity contribution in [1.29, 1.82) is 0 Å². The molecular formula is C19H18N2O4. The molecule has 0 saturated carbocycles. The molecule has 6 heteroatoms. The Morgan fingerprint density at radius 2 is 1.60 bits per heavy atom. The van der Waals surface area contributed by atoms with Crippen LogP contribution in [0.4, 0.5) is 0 Å². The number of furan rings is 2. The molecule has 0 fully saturated rings. The molecule has 0 atom stereocenters. The second-order valence-corrected chi connectivity index (χ2v) is 5.58. The van der Waals surface area contributed by atoms with Crippen molar-refractivity contribution < 1.29 is 18.4 Å². The van der Waals surface area contributed by atoms with E-state index in [2.05, 4.69) is 10.6 Å². The van der Waals surface area contributed by atoms with Crippen molar-refractivity contribution in [3.8, 4) is 0 Å². The van der Waals surface area contributed by atoms with Crippen LogP contribution in [0.2, 0.25) is 0 Å². The molecule has 3 rings (SSSR count). The summed E-state index contributed by atoms with van der Waals surface area (Å²) in [6.07, 6.45) is 1.54. The van der Waals surface area contributed by atoms with Gasteiger partial charge >= 0.3 is 0 Å². The van der Waals surface area contributed by atoms with Gasteiger partial charge in [-0.3, -0.25) is 9.59 Å². The van der Waals surface area contributed by atoms with Gasteiger partial charge in [-0.1, -0.05) is 17.7 Å². The molecule has 0 aliphatic rings. The van der Waals surface area contributed by atoms with Crippen LogP contribution in [-0.4, -0.2) is 11.8 Å². The minimum Gasteiger partial charge on any atom is -0.467 e. The van der Waals surface area contributed by atoms with Gasteiger partial charge in [0.2, 0.25) is 0 Å². The van der Waals surface area contributed by atoms with Gasteiger partial charge in [0, 0.05) is 5.56 Å². The summed E-state index contributed by atoms with van der Waals surface area (Å²) in [6.45, 7) is 2.45. The first-order valence-corrected chi connectivity index (χ1v) is 7.86. The highest BCUT2D eigenvalue weighted by atomic mass is 16.4. The van der Waals surface area contributed by atoms with Crippen LogP contribution in [0.15, 0.2) is 63.6 Å². The van der Waals surface area contributed by atoms with E-state index >= 15 is 0 Å². The zero-order valence-corrected chi connectivity index (χ0v) is 13.7. The van der Waals surface area contributed by atoms with Gasteiger partial charge < -0.3 is 19.5 Å². The Hall–Kier alpha value is -3.28. The summed E-state index contributed by atoms with van der Waals surface area (Å²) in [5.74, 6) is 0.813. The minimum atomic E-state index is -0.340. The number of nitrogens with one attached hydrogen (secondary N) is 2. The molecule has 0 bridgehead atoms. The van der Waals surface area contributed by atoms with Crippen molar-refractivity contribution in [1.82, 2.24) is 10.6 Å². The van der Waals surface area contributed by atoms with E-state index in [0.717, 1.165) is 5.56 Å². The third-order valence-electron chi connectivity index (χ3n) is 3.63. The minimum absolute atomic E-state index is 0.186. The largest absolute Gasteiger partial charge is 0.467 e. The summed E-state index contributed by atoms with van der Waals surface area (Å²) in [7, 11) is 0. The highest BCUT2D eigenvalue weighted by Gasteiger charge is 2.12. The Morgan fingerprint density at radius 1 is 0.880 bits per heavy atom. The van der Waals surface area contributed by atoms with Crippen molar-refractivity contribution in [2.24, 2.45) is 0 Å². The monoisotopic (exact) mass is 338 g/mol. The van der Waals surface area contributed by atoms with E-state index in [9.17, 15) is 9.59 Å². The van der Waals surface area contributed by atoms with Crippen LogP contribution in [-0.2, 0) is 13.1 Å². The van der Waals surface area contributed by atoms with E-state index in [-0.39, 0.29) is 30.7 Å². The fraction of sp³-hybridized carbons (Fsp3) is 0.158. The molecule has 1 aromatic carbocycles. The number of hydrogen-bond acceptors (Lipinski definition) is 4. The number of hydrogen-bond donors (Lipinski definition) is 2. The zero-order chi connectivity index (χ0) is 17.6. The van der Waals surface area contributed by atoms with Crippen LogP contribution in [0.25, 0.3) is 0 Å². The Labute approximate surface area is 144 Å². The molecule has 0 saturated heterocycles. The molecule has 2 heterocycles. The first-order chi connectivity index (χ1) is 12.1. The predicted octanol–water partition coefficient (Wildman–Crippen LogP) is 3.04. The Bertz CT molecular complexity index is 848. The Kier molecular flexibility index (Phi) is 4.99. The van der Waals surface area contributed by atoms with E-state index in [1.54, 1.807) is 42.7 Å². The van der Waals surface area contributed by atoms with Gasteiger partial charge in [-0.25, -0.2) is 0 Å². The molecule has 128 valence electrons. The molecule has 3 aromatic rings. The summed E-state index contributed by atoms with van der Waals surface area (Å²) in [4.78, 5) is 24.1. The van der Waals surface area contributed by atoms with Crippen molar-refractivity contribution in [2.75, 3.05) is 0 Å². The average Bonchev–Trinajstić information content (AvgIpc) is 3.30. The molecule has 0 radical (unpaired) electrons. The number of amides is 2. The number of aryl methyl sites for hydroxylation is 1. The van der Waals surface area contributed by atoms with E-state index in [4.69, 9.17) is 8.83 Å². The second kappa shape index (κ2) is 7.53. The molecule has 2 N–H and O–H groups in total. The van der Waals surface area contributed by atoms with Crippen LogP contribution in [0, 0.1) is 6.92 Å². The normalized spacial score (nSPS) is 10.4. The summed E-state index contributed by atoms with van der Waals surface area (Å²) < 4.78 is 10.6. The summed E-state index contributed by atoms with van der Waals surface area (Å²) in [6, 6.07) is 14.0. The van der Waals surface area contributed by atoms with Gasteiger partial charge in [0.1, 0.15) is 11.5 Å². The van der Waals surface area contributed by atoms with E-state index < -0.39 is 0 Å². The standard InChI is InChI=1S/C19H18N2O4/c1-13-4-6-14(7-5-13)18(22)20-12-16-8-9-17(25-16)19(23)21-11-15-3-2-10-24-15/h2-10H,11-12H2,1H3,(H,20,22)(H,21,23). The topological polar surface area (TPSA) is 84.5 Å². The van der Waals surface area contributed by atoms with Crippen LogP contribution < -0.4 is 10.6 Å². The number of carbonyl (C=O) groups is 2. The van der Waals surface area contributed by atoms with Gasteiger partial charge in [-0.2, -0.15) is 0 Å². The molecule has 0 aliphatic heterocycles. The highest BCUT2D eigenvalue weighted by molar-refractivity contribution is 5.94. The Morgan fingerprint density at radius 3 is 2.32 bits per heavy atom. The van der Waals surface area contributed by atoms with Crippen LogP contribution in [0.3, 0.4) is 0 Å². The summed E-state index contributed by atoms with van der Waals surface area (Å²) in [5, 5.41) is 5.46. The fourth-order valence-electron chi connectivity index (χ4n) is 2.24. The van der Waals surface area contributed by atoms with Crippen LogP contribution in [0.5, 0.6) is 0 Å². The van der Waals surface area contributed by atoms with Gasteiger partial charge in [0.15, 0.2) is 5.76 Å². The second-order valence-electron chi connectivity index (χ2n) is 5.58. The highest BCUT2D eigenvalue weighted by Crippen LogP contribution is 2.09. The predicted molar refractivity (Wildman–Crippen MR) is 90.9 cm³/mol. The van der Waals surface area contributed by atoms with E-state index in [1.807, 2.05) is 19.1 Å². The molecule has 2 aromatic heterocycles. The zero-order valence-electron chi connectivity index (χ0n) is 13.7. The van der Waals surface area contributed by atoms with Crippen LogP contribution in [0.1, 0.15) is 38.0 Å². The quantitative estimate of drug-likeness (QED) is 0.723. The molecule has 6 nitrogen and oxygen atoms in total. The third kappa shape index (κ3) is 4.38. The smallest absolute Gasteiger partial charge is 0.287 e. The van der Waals surface area contributed by atoms with Crippen molar-refractivity contribution >= 4 is 11.8 Å². The molecule has 0 spiro atoms. The maximum atomic E-state index is 12.1. The molecular weight excluding hydrogens is 320 g/mol. The molecule has 2 amide bonds. The molecule has 25 heavy (non-hydrogen) atoms. The maximum absolute atomic E-state index is 12.1. The summed E-state index contributed by atoms with van der Waals surface area (Å²) in [5.41, 5.74) is 1.67. The van der Waals surface area contributed by atoms with Gasteiger partial charge in [-0.15, -0.1) is 0 Å². The number of carbonyl (C=O) groups excluding carboxylic acids is 2. The molecule has 0 aliphatic carbocycles.